The fourth-order valence-electron chi connectivity index (χ4n) is 1.72. The molecule has 2 nitrogen and oxygen atoms in total. The van der Waals surface area contributed by atoms with Gasteiger partial charge in [-0.05, 0) is 23.3 Å². The molecule has 3 heteroatoms. The molecular formula is C14H13NOS. The number of methoxy groups -OCH3 is 1. The number of nitrogens with two attached hydrogens (primary N) is 1. The van der Waals surface area contributed by atoms with Gasteiger partial charge in [-0.1, -0.05) is 48.6 Å². The summed E-state index contributed by atoms with van der Waals surface area (Å²) in [6.07, 6.45) is 0. The molecule has 0 atom stereocenters. The molecule has 0 saturated heterocycles. The highest BCUT2D eigenvalue weighted by molar-refractivity contribution is 7.80. The predicted molar refractivity (Wildman–Crippen MR) is 74.3 cm³/mol. The first kappa shape index (κ1) is 11.6. The van der Waals surface area contributed by atoms with Gasteiger partial charge in [0.1, 0.15) is 10.7 Å². The smallest absolute Gasteiger partial charge is 0.118 e. The largest absolute Gasteiger partial charge is 0.497 e. The van der Waals surface area contributed by atoms with Crippen molar-refractivity contribution in [2.24, 2.45) is 5.73 Å². The van der Waals surface area contributed by atoms with Crippen LogP contribution in [0.3, 0.4) is 0 Å². The minimum Gasteiger partial charge on any atom is -0.497 e. The Morgan fingerprint density at radius 2 is 1.71 bits per heavy atom. The van der Waals surface area contributed by atoms with Crippen molar-refractivity contribution in [3.8, 4) is 16.9 Å². The van der Waals surface area contributed by atoms with Gasteiger partial charge in [-0.15, -0.1) is 0 Å². The van der Waals surface area contributed by atoms with Crippen LogP contribution >= 0.6 is 12.2 Å². The van der Waals surface area contributed by atoms with E-state index in [4.69, 9.17) is 22.7 Å². The van der Waals surface area contributed by atoms with Crippen molar-refractivity contribution in [3.05, 3.63) is 54.1 Å². The molecule has 2 aromatic rings. The maximum absolute atomic E-state index is 5.71. The minimum atomic E-state index is 0.413. The molecule has 0 bridgehead atoms. The van der Waals surface area contributed by atoms with E-state index in [0.717, 1.165) is 22.4 Å². The Morgan fingerprint density at radius 3 is 2.29 bits per heavy atom. The number of hydrogen-bond acceptors (Lipinski definition) is 2. The maximum atomic E-state index is 5.71. The Hall–Kier alpha value is -1.87. The standard InChI is InChI=1S/C14H13NOS/c1-16-11-8-6-10(7-9-11)12-4-2-3-5-13(12)14(15)17/h2-9H,1H3,(H2,15,17). The second-order valence-corrected chi connectivity index (χ2v) is 4.08. The molecule has 0 amide bonds. The third kappa shape index (κ3) is 2.45. The number of benzene rings is 2. The summed E-state index contributed by atoms with van der Waals surface area (Å²) in [5, 5.41) is 0. The van der Waals surface area contributed by atoms with Gasteiger partial charge in [0.05, 0.1) is 7.11 Å². The van der Waals surface area contributed by atoms with Gasteiger partial charge in [-0.25, -0.2) is 0 Å². The summed E-state index contributed by atoms with van der Waals surface area (Å²) in [7, 11) is 1.65. The normalized spacial score (nSPS) is 9.94. The third-order valence-corrected chi connectivity index (χ3v) is 2.81. The molecular weight excluding hydrogens is 230 g/mol. The molecule has 86 valence electrons. The zero-order valence-electron chi connectivity index (χ0n) is 9.51. The summed E-state index contributed by atoms with van der Waals surface area (Å²) >= 11 is 5.05. The summed E-state index contributed by atoms with van der Waals surface area (Å²) in [6, 6.07) is 15.7. The molecule has 2 N–H and O–H groups in total. The lowest BCUT2D eigenvalue weighted by Crippen LogP contribution is -2.10. The third-order valence-electron chi connectivity index (χ3n) is 2.59. The Kier molecular flexibility index (Phi) is 3.40. The molecule has 0 aromatic heterocycles. The molecule has 0 saturated carbocycles. The first-order chi connectivity index (χ1) is 8.22. The summed E-state index contributed by atoms with van der Waals surface area (Å²) < 4.78 is 5.13. The second kappa shape index (κ2) is 4.97. The number of ether oxygens (including phenoxy) is 1. The van der Waals surface area contributed by atoms with Gasteiger partial charge in [-0.3, -0.25) is 0 Å². The van der Waals surface area contributed by atoms with Gasteiger partial charge in [-0.2, -0.15) is 0 Å². The molecule has 0 spiro atoms. The lowest BCUT2D eigenvalue weighted by molar-refractivity contribution is 0.415. The van der Waals surface area contributed by atoms with Gasteiger partial charge in [0, 0.05) is 5.56 Å². The average Bonchev–Trinajstić information content (AvgIpc) is 2.39. The van der Waals surface area contributed by atoms with Gasteiger partial charge in [0.15, 0.2) is 0 Å². The number of rotatable bonds is 3. The monoisotopic (exact) mass is 243 g/mol. The van der Waals surface area contributed by atoms with E-state index in [2.05, 4.69) is 0 Å². The molecule has 0 fully saturated rings. The summed E-state index contributed by atoms with van der Waals surface area (Å²) in [5.74, 6) is 0.835. The number of thiocarbonyl (C=S) groups is 1. The molecule has 2 aromatic carbocycles. The van der Waals surface area contributed by atoms with Crippen LogP contribution in [-0.4, -0.2) is 12.1 Å². The zero-order chi connectivity index (χ0) is 12.3. The van der Waals surface area contributed by atoms with Crippen molar-refractivity contribution >= 4 is 17.2 Å². The van der Waals surface area contributed by atoms with Gasteiger partial charge in [0.25, 0.3) is 0 Å². The fraction of sp³-hybridized carbons (Fsp3) is 0.0714. The Bertz CT molecular complexity index is 534. The molecule has 2 rings (SSSR count). The molecule has 17 heavy (non-hydrogen) atoms. The minimum absolute atomic E-state index is 0.413. The highest BCUT2D eigenvalue weighted by Gasteiger charge is 2.06. The Labute approximate surface area is 106 Å². The average molecular weight is 243 g/mol. The van der Waals surface area contributed by atoms with E-state index in [1.54, 1.807) is 7.11 Å². The lowest BCUT2D eigenvalue weighted by Gasteiger charge is -2.08. The highest BCUT2D eigenvalue weighted by Crippen LogP contribution is 2.25. The highest BCUT2D eigenvalue weighted by atomic mass is 32.1. The van der Waals surface area contributed by atoms with E-state index >= 15 is 0 Å². The van der Waals surface area contributed by atoms with Crippen LogP contribution in [-0.2, 0) is 0 Å². The van der Waals surface area contributed by atoms with Gasteiger partial charge >= 0.3 is 0 Å². The molecule has 0 aliphatic carbocycles. The van der Waals surface area contributed by atoms with Crippen LogP contribution in [0, 0.1) is 0 Å². The van der Waals surface area contributed by atoms with Crippen molar-refractivity contribution < 1.29 is 4.74 Å². The summed E-state index contributed by atoms with van der Waals surface area (Å²) in [5.41, 5.74) is 8.73. The van der Waals surface area contributed by atoms with Crippen molar-refractivity contribution in [1.29, 1.82) is 0 Å². The molecule has 0 radical (unpaired) electrons. The quantitative estimate of drug-likeness (QED) is 0.842. The van der Waals surface area contributed by atoms with Crippen molar-refractivity contribution in [1.82, 2.24) is 0 Å². The van der Waals surface area contributed by atoms with Crippen molar-refractivity contribution in [2.45, 2.75) is 0 Å². The van der Waals surface area contributed by atoms with Crippen LogP contribution < -0.4 is 10.5 Å². The van der Waals surface area contributed by atoms with Crippen LogP contribution in [0.15, 0.2) is 48.5 Å². The maximum Gasteiger partial charge on any atom is 0.118 e. The topological polar surface area (TPSA) is 35.2 Å². The predicted octanol–water partition coefficient (Wildman–Crippen LogP) is 3.00. The summed E-state index contributed by atoms with van der Waals surface area (Å²) in [4.78, 5) is 0.413. The SMILES string of the molecule is COc1ccc(-c2ccccc2C(N)=S)cc1. The second-order valence-electron chi connectivity index (χ2n) is 3.64. The van der Waals surface area contributed by atoms with Crippen LogP contribution in [0.1, 0.15) is 5.56 Å². The molecule has 0 heterocycles. The first-order valence-corrected chi connectivity index (χ1v) is 5.66. The van der Waals surface area contributed by atoms with E-state index in [1.807, 2.05) is 48.5 Å². The van der Waals surface area contributed by atoms with E-state index in [9.17, 15) is 0 Å². The molecule has 0 unspecified atom stereocenters. The van der Waals surface area contributed by atoms with Crippen molar-refractivity contribution in [2.75, 3.05) is 7.11 Å². The zero-order valence-corrected chi connectivity index (χ0v) is 10.3. The lowest BCUT2D eigenvalue weighted by atomic mass is 10.00. The summed E-state index contributed by atoms with van der Waals surface area (Å²) in [6.45, 7) is 0. The van der Waals surface area contributed by atoms with Crippen LogP contribution in [0.4, 0.5) is 0 Å². The van der Waals surface area contributed by atoms with E-state index in [-0.39, 0.29) is 0 Å². The first-order valence-electron chi connectivity index (χ1n) is 5.25. The fourth-order valence-corrected chi connectivity index (χ4v) is 1.90. The van der Waals surface area contributed by atoms with Gasteiger partial charge in [0.2, 0.25) is 0 Å². The molecule has 0 aliphatic rings. The van der Waals surface area contributed by atoms with Crippen LogP contribution in [0.25, 0.3) is 11.1 Å². The van der Waals surface area contributed by atoms with Crippen LogP contribution in [0.2, 0.25) is 0 Å². The number of hydrogen-bond donors (Lipinski definition) is 1. The Morgan fingerprint density at radius 1 is 1.06 bits per heavy atom. The van der Waals surface area contributed by atoms with Gasteiger partial charge < -0.3 is 10.5 Å². The Balaban J connectivity index is 2.48. The molecule has 0 aliphatic heterocycles. The van der Waals surface area contributed by atoms with Crippen LogP contribution in [0.5, 0.6) is 5.75 Å². The van der Waals surface area contributed by atoms with E-state index in [1.165, 1.54) is 0 Å². The van der Waals surface area contributed by atoms with Crippen molar-refractivity contribution in [3.63, 3.8) is 0 Å². The van der Waals surface area contributed by atoms with E-state index < -0.39 is 0 Å². The van der Waals surface area contributed by atoms with E-state index in [0.29, 0.717) is 4.99 Å².